The molecule has 0 atom stereocenters. The van der Waals surface area contributed by atoms with Crippen molar-refractivity contribution < 1.29 is 9.53 Å². The lowest BCUT2D eigenvalue weighted by Gasteiger charge is -2.32. The number of hydrogen-bond acceptors (Lipinski definition) is 4. The van der Waals surface area contributed by atoms with E-state index in [1.54, 1.807) is 0 Å². The van der Waals surface area contributed by atoms with Crippen LogP contribution in [0, 0.1) is 5.92 Å². The molecule has 3 rings (SSSR count). The fourth-order valence-electron chi connectivity index (χ4n) is 3.40. The Labute approximate surface area is 167 Å². The van der Waals surface area contributed by atoms with E-state index in [-0.39, 0.29) is 5.91 Å². The van der Waals surface area contributed by atoms with Gasteiger partial charge in [-0.15, -0.1) is 0 Å². The third kappa shape index (κ3) is 6.71. The topological polar surface area (TPSA) is 92.0 Å². The van der Waals surface area contributed by atoms with Crippen LogP contribution in [0.3, 0.4) is 0 Å². The maximum Gasteiger partial charge on any atom is 0.231 e. The summed E-state index contributed by atoms with van der Waals surface area (Å²) >= 11 is 0. The van der Waals surface area contributed by atoms with Crippen molar-refractivity contribution in [2.45, 2.75) is 45.2 Å². The number of likely N-dealkylation sites (tertiary alicyclic amines) is 1. The molecule has 1 saturated heterocycles. The molecule has 0 aromatic heterocycles. The average molecular weight is 388 g/mol. The van der Waals surface area contributed by atoms with Gasteiger partial charge in [-0.3, -0.25) is 9.69 Å². The monoisotopic (exact) mass is 387 g/mol. The number of carbonyl (C=O) groups excluding carboxylic acids is 1. The van der Waals surface area contributed by atoms with Gasteiger partial charge in [0.1, 0.15) is 5.75 Å². The summed E-state index contributed by atoms with van der Waals surface area (Å²) in [6, 6.07) is 8.51. The van der Waals surface area contributed by atoms with Crippen LogP contribution in [0.2, 0.25) is 0 Å². The highest BCUT2D eigenvalue weighted by atomic mass is 16.5. The van der Waals surface area contributed by atoms with Crippen LogP contribution in [0.15, 0.2) is 29.3 Å². The van der Waals surface area contributed by atoms with Crippen molar-refractivity contribution in [3.8, 4) is 5.75 Å². The van der Waals surface area contributed by atoms with Crippen LogP contribution in [0.5, 0.6) is 5.75 Å². The number of nitrogens with two attached hydrogens (primary N) is 1. The van der Waals surface area contributed by atoms with Crippen molar-refractivity contribution in [3.05, 3.63) is 29.8 Å². The predicted octanol–water partition coefficient (Wildman–Crippen LogP) is 1.48. The maximum absolute atomic E-state index is 11.1. The zero-order valence-corrected chi connectivity index (χ0v) is 16.8. The van der Waals surface area contributed by atoms with E-state index >= 15 is 0 Å². The Morgan fingerprint density at radius 1 is 1.25 bits per heavy atom. The summed E-state index contributed by atoms with van der Waals surface area (Å²) in [6.07, 6.45) is 4.51. The summed E-state index contributed by atoms with van der Waals surface area (Å²) in [5, 5.41) is 6.87. The minimum absolute atomic E-state index is 0.260. The van der Waals surface area contributed by atoms with Crippen LogP contribution < -0.4 is 21.1 Å². The minimum atomic E-state index is -0.260. The van der Waals surface area contributed by atoms with E-state index in [0.717, 1.165) is 62.3 Å². The third-order valence-electron chi connectivity index (χ3n) is 5.20. The van der Waals surface area contributed by atoms with Crippen molar-refractivity contribution in [2.24, 2.45) is 16.6 Å². The Hall–Kier alpha value is -2.28. The summed E-state index contributed by atoms with van der Waals surface area (Å²) < 4.78 is 5.99. The van der Waals surface area contributed by atoms with E-state index < -0.39 is 0 Å². The van der Waals surface area contributed by atoms with E-state index in [0.29, 0.717) is 19.1 Å². The second-order valence-corrected chi connectivity index (χ2v) is 7.72. The van der Waals surface area contributed by atoms with Gasteiger partial charge in [0.15, 0.2) is 5.96 Å². The van der Waals surface area contributed by atoms with Gasteiger partial charge >= 0.3 is 0 Å². The first kappa shape index (κ1) is 20.5. The van der Waals surface area contributed by atoms with Gasteiger partial charge in [-0.05, 0) is 44.6 Å². The number of hydrogen-bond donors (Lipinski definition) is 3. The molecule has 4 N–H and O–H groups in total. The lowest BCUT2D eigenvalue weighted by Crippen LogP contribution is -2.49. The molecule has 0 spiro atoms. The summed E-state index contributed by atoms with van der Waals surface area (Å²) in [6.45, 7) is 6.36. The minimum Gasteiger partial charge on any atom is -0.493 e. The number of para-hydroxylation sites is 1. The first-order chi connectivity index (χ1) is 13.6. The van der Waals surface area contributed by atoms with Crippen LogP contribution in [-0.4, -0.2) is 55.6 Å². The Morgan fingerprint density at radius 3 is 2.68 bits per heavy atom. The first-order valence-electron chi connectivity index (χ1n) is 10.4. The van der Waals surface area contributed by atoms with Crippen molar-refractivity contribution in [3.63, 3.8) is 0 Å². The van der Waals surface area contributed by atoms with Gasteiger partial charge in [-0.2, -0.15) is 0 Å². The molecule has 154 valence electrons. The van der Waals surface area contributed by atoms with Crippen molar-refractivity contribution in [1.82, 2.24) is 15.5 Å². The summed E-state index contributed by atoms with van der Waals surface area (Å²) in [5.74, 6) is 2.24. The molecule has 1 heterocycles. The van der Waals surface area contributed by atoms with Crippen LogP contribution in [0.25, 0.3) is 0 Å². The highest BCUT2D eigenvalue weighted by Crippen LogP contribution is 2.30. The van der Waals surface area contributed by atoms with Gasteiger partial charge in [0.05, 0.1) is 19.7 Å². The molecule has 1 amide bonds. The van der Waals surface area contributed by atoms with Crippen LogP contribution in [0.1, 0.15) is 38.2 Å². The molecule has 2 fully saturated rings. The molecule has 0 unspecified atom stereocenters. The fraction of sp³-hybridized carbons (Fsp3) is 0.619. The Balaban J connectivity index is 1.53. The quantitative estimate of drug-likeness (QED) is 0.441. The molecular weight excluding hydrogens is 354 g/mol. The molecule has 1 aromatic rings. The van der Waals surface area contributed by atoms with E-state index in [2.05, 4.69) is 28.5 Å². The first-order valence-corrected chi connectivity index (χ1v) is 10.4. The van der Waals surface area contributed by atoms with Crippen LogP contribution >= 0.6 is 0 Å². The number of nitrogens with zero attached hydrogens (tertiary/aromatic N) is 2. The van der Waals surface area contributed by atoms with Gasteiger partial charge in [0.25, 0.3) is 0 Å². The maximum atomic E-state index is 11.1. The zero-order valence-electron chi connectivity index (χ0n) is 16.8. The number of guanidine groups is 1. The predicted molar refractivity (Wildman–Crippen MR) is 111 cm³/mol. The number of ether oxygens (including phenoxy) is 1. The molecule has 2 aliphatic rings. The summed E-state index contributed by atoms with van der Waals surface area (Å²) in [7, 11) is 0. The number of nitrogens with one attached hydrogen (secondary N) is 2. The van der Waals surface area contributed by atoms with Crippen molar-refractivity contribution >= 4 is 11.9 Å². The van der Waals surface area contributed by atoms with E-state index in [1.165, 1.54) is 12.8 Å². The zero-order chi connectivity index (χ0) is 19.8. The SMILES string of the molecule is CCNC(=NCc1ccccc1OCC1CC1)NC1CCN(CC(N)=O)CC1. The average Bonchev–Trinajstić information content (AvgIpc) is 3.51. The van der Waals surface area contributed by atoms with Crippen LogP contribution in [-0.2, 0) is 11.3 Å². The summed E-state index contributed by atoms with van der Waals surface area (Å²) in [5.41, 5.74) is 6.40. The second kappa shape index (κ2) is 10.3. The van der Waals surface area contributed by atoms with Gasteiger partial charge in [0.2, 0.25) is 5.91 Å². The largest absolute Gasteiger partial charge is 0.493 e. The molecule has 1 saturated carbocycles. The van der Waals surface area contributed by atoms with Gasteiger partial charge in [0, 0.05) is 31.2 Å². The molecule has 1 aliphatic heterocycles. The van der Waals surface area contributed by atoms with Gasteiger partial charge in [-0.1, -0.05) is 18.2 Å². The van der Waals surface area contributed by atoms with Gasteiger partial charge < -0.3 is 21.1 Å². The molecule has 0 radical (unpaired) electrons. The number of aliphatic imine (C=N–C) groups is 1. The molecular formula is C21H33N5O2. The Kier molecular flexibility index (Phi) is 7.54. The number of piperidine rings is 1. The fourth-order valence-corrected chi connectivity index (χ4v) is 3.40. The van der Waals surface area contributed by atoms with E-state index in [1.807, 2.05) is 18.2 Å². The normalized spacial score (nSPS) is 18.7. The lowest BCUT2D eigenvalue weighted by molar-refractivity contribution is -0.119. The van der Waals surface area contributed by atoms with E-state index in [9.17, 15) is 4.79 Å². The number of amides is 1. The molecule has 7 nitrogen and oxygen atoms in total. The van der Waals surface area contributed by atoms with E-state index in [4.69, 9.17) is 15.5 Å². The highest BCUT2D eigenvalue weighted by Gasteiger charge is 2.22. The Morgan fingerprint density at radius 2 is 2.00 bits per heavy atom. The summed E-state index contributed by atoms with van der Waals surface area (Å²) in [4.78, 5) is 18.0. The smallest absolute Gasteiger partial charge is 0.231 e. The number of benzene rings is 1. The molecule has 0 bridgehead atoms. The lowest BCUT2D eigenvalue weighted by atomic mass is 10.1. The molecule has 1 aromatic carbocycles. The molecule has 7 heteroatoms. The number of primary amides is 1. The molecule has 1 aliphatic carbocycles. The van der Waals surface area contributed by atoms with Crippen molar-refractivity contribution in [1.29, 1.82) is 0 Å². The highest BCUT2D eigenvalue weighted by molar-refractivity contribution is 5.80. The molecule has 28 heavy (non-hydrogen) atoms. The van der Waals surface area contributed by atoms with Gasteiger partial charge in [-0.25, -0.2) is 4.99 Å². The standard InChI is InChI=1S/C21H33N5O2/c1-2-23-21(25-18-9-11-26(12-10-18)14-20(22)27)24-13-17-5-3-4-6-19(17)28-15-16-7-8-16/h3-6,16,18H,2,7-15H2,1H3,(H2,22,27)(H2,23,24,25). The van der Waals surface area contributed by atoms with Crippen molar-refractivity contribution in [2.75, 3.05) is 32.8 Å². The second-order valence-electron chi connectivity index (χ2n) is 7.72. The van der Waals surface area contributed by atoms with Crippen LogP contribution in [0.4, 0.5) is 0 Å². The number of rotatable bonds is 9. The Bertz CT molecular complexity index is 667. The third-order valence-corrected chi connectivity index (χ3v) is 5.20. The number of carbonyl (C=O) groups is 1.